The van der Waals surface area contributed by atoms with Gasteiger partial charge < -0.3 is 10.6 Å². The molecule has 25 heavy (non-hydrogen) atoms. The molecule has 0 bridgehead atoms. The second-order valence-electron chi connectivity index (χ2n) is 6.32. The lowest BCUT2D eigenvalue weighted by Gasteiger charge is -2.23. The number of amides is 2. The van der Waals surface area contributed by atoms with Gasteiger partial charge in [-0.2, -0.15) is 0 Å². The molecule has 0 heterocycles. The monoisotopic (exact) mass is 400 g/mol. The van der Waals surface area contributed by atoms with Gasteiger partial charge in [-0.25, -0.2) is 0 Å². The van der Waals surface area contributed by atoms with E-state index in [4.69, 9.17) is 0 Å². The molecule has 130 valence electrons. The Balaban J connectivity index is 1.74. The molecule has 2 amide bonds. The molecule has 0 unspecified atom stereocenters. The van der Waals surface area contributed by atoms with E-state index in [0.29, 0.717) is 16.8 Å². The smallest absolute Gasteiger partial charge is 0.255 e. The summed E-state index contributed by atoms with van der Waals surface area (Å²) in [6.45, 7) is 0. The third-order valence-electron chi connectivity index (χ3n) is 4.45. The minimum atomic E-state index is -0.237. The molecule has 0 spiro atoms. The van der Waals surface area contributed by atoms with Gasteiger partial charge >= 0.3 is 0 Å². The summed E-state index contributed by atoms with van der Waals surface area (Å²) in [5.74, 6) is -0.365. The quantitative estimate of drug-likeness (QED) is 0.776. The lowest BCUT2D eigenvalue weighted by atomic mass is 9.95. The van der Waals surface area contributed by atoms with Crippen molar-refractivity contribution in [3.8, 4) is 0 Å². The van der Waals surface area contributed by atoms with Crippen molar-refractivity contribution >= 4 is 33.4 Å². The van der Waals surface area contributed by atoms with Crippen LogP contribution >= 0.6 is 15.9 Å². The van der Waals surface area contributed by atoms with Gasteiger partial charge in [-0.1, -0.05) is 53.4 Å². The maximum atomic E-state index is 12.6. The normalized spacial score (nSPS) is 14.8. The molecular weight excluding hydrogens is 380 g/mol. The Morgan fingerprint density at radius 3 is 2.44 bits per heavy atom. The Hall–Kier alpha value is -2.14. The molecule has 0 saturated heterocycles. The molecule has 0 aromatic heterocycles. The van der Waals surface area contributed by atoms with Crippen LogP contribution in [0.5, 0.6) is 0 Å². The van der Waals surface area contributed by atoms with Crippen LogP contribution in [0.1, 0.15) is 52.8 Å². The predicted octanol–water partition coefficient (Wildman–Crippen LogP) is 4.76. The second-order valence-corrected chi connectivity index (χ2v) is 7.23. The lowest BCUT2D eigenvalue weighted by molar-refractivity contribution is 0.0928. The largest absolute Gasteiger partial charge is 0.349 e. The van der Waals surface area contributed by atoms with Gasteiger partial charge in [-0.05, 0) is 43.2 Å². The second kappa shape index (κ2) is 8.30. The number of carbonyl (C=O) groups excluding carboxylic acids is 2. The zero-order valence-electron chi connectivity index (χ0n) is 13.9. The molecule has 2 aromatic rings. The molecular formula is C20H21BrN2O2. The van der Waals surface area contributed by atoms with Gasteiger partial charge in [0.25, 0.3) is 11.8 Å². The van der Waals surface area contributed by atoms with Gasteiger partial charge in [-0.15, -0.1) is 0 Å². The van der Waals surface area contributed by atoms with Gasteiger partial charge in [0.2, 0.25) is 0 Å². The molecule has 0 radical (unpaired) electrons. The van der Waals surface area contributed by atoms with Crippen molar-refractivity contribution in [1.29, 1.82) is 0 Å². The molecule has 4 nitrogen and oxygen atoms in total. The number of anilines is 1. The van der Waals surface area contributed by atoms with Crippen molar-refractivity contribution < 1.29 is 9.59 Å². The standard InChI is InChI=1S/C20H21BrN2O2/c21-15-8-6-7-14(13-15)19(24)23-18-12-5-4-11-17(18)20(25)22-16-9-2-1-3-10-16/h4-8,11-13,16H,1-3,9-10H2,(H,22,25)(H,23,24). The molecule has 1 fully saturated rings. The number of benzene rings is 2. The molecule has 2 aromatic carbocycles. The third-order valence-corrected chi connectivity index (χ3v) is 4.94. The maximum Gasteiger partial charge on any atom is 0.255 e. The van der Waals surface area contributed by atoms with E-state index in [1.807, 2.05) is 18.2 Å². The Morgan fingerprint density at radius 2 is 1.68 bits per heavy atom. The summed E-state index contributed by atoms with van der Waals surface area (Å²) in [5, 5.41) is 5.95. The summed E-state index contributed by atoms with van der Waals surface area (Å²) < 4.78 is 0.837. The van der Waals surface area contributed by atoms with Crippen LogP contribution in [0.2, 0.25) is 0 Å². The van der Waals surface area contributed by atoms with Crippen molar-refractivity contribution in [3.63, 3.8) is 0 Å². The Morgan fingerprint density at radius 1 is 0.920 bits per heavy atom. The van der Waals surface area contributed by atoms with Crippen molar-refractivity contribution in [1.82, 2.24) is 5.32 Å². The lowest BCUT2D eigenvalue weighted by Crippen LogP contribution is -2.36. The summed E-state index contributed by atoms with van der Waals surface area (Å²) in [6, 6.07) is 14.5. The van der Waals surface area contributed by atoms with Crippen molar-refractivity contribution in [2.24, 2.45) is 0 Å². The van der Waals surface area contributed by atoms with Crippen molar-refractivity contribution in [2.45, 2.75) is 38.1 Å². The van der Waals surface area contributed by atoms with E-state index in [1.165, 1.54) is 6.42 Å². The van der Waals surface area contributed by atoms with E-state index in [-0.39, 0.29) is 17.9 Å². The van der Waals surface area contributed by atoms with Crippen LogP contribution in [-0.2, 0) is 0 Å². The number of nitrogens with one attached hydrogen (secondary N) is 2. The minimum absolute atomic E-state index is 0.128. The predicted molar refractivity (Wildman–Crippen MR) is 103 cm³/mol. The summed E-state index contributed by atoms with van der Waals surface area (Å²) in [6.07, 6.45) is 5.61. The minimum Gasteiger partial charge on any atom is -0.349 e. The Kier molecular flexibility index (Phi) is 5.87. The van der Waals surface area contributed by atoms with Gasteiger partial charge in [-0.3, -0.25) is 9.59 Å². The first-order chi connectivity index (χ1) is 12.1. The van der Waals surface area contributed by atoms with Gasteiger partial charge in [0, 0.05) is 16.1 Å². The average molecular weight is 401 g/mol. The van der Waals surface area contributed by atoms with Crippen LogP contribution in [0.15, 0.2) is 53.0 Å². The molecule has 1 aliphatic rings. The molecule has 1 aliphatic carbocycles. The van der Waals surface area contributed by atoms with Crippen LogP contribution in [0, 0.1) is 0 Å². The number of para-hydroxylation sites is 1. The summed E-state index contributed by atoms with van der Waals surface area (Å²) in [4.78, 5) is 25.1. The number of rotatable bonds is 4. The first-order valence-corrected chi connectivity index (χ1v) is 9.39. The zero-order valence-corrected chi connectivity index (χ0v) is 15.5. The number of hydrogen-bond donors (Lipinski definition) is 2. The van der Waals surface area contributed by atoms with Crippen LogP contribution in [0.3, 0.4) is 0 Å². The van der Waals surface area contributed by atoms with Crippen molar-refractivity contribution in [3.05, 3.63) is 64.1 Å². The highest BCUT2D eigenvalue weighted by atomic mass is 79.9. The van der Waals surface area contributed by atoms with Crippen LogP contribution in [-0.4, -0.2) is 17.9 Å². The molecule has 3 rings (SSSR count). The highest BCUT2D eigenvalue weighted by Gasteiger charge is 2.19. The fourth-order valence-corrected chi connectivity index (χ4v) is 3.52. The molecule has 1 saturated carbocycles. The maximum absolute atomic E-state index is 12.6. The Labute approximate surface area is 156 Å². The Bertz CT molecular complexity index is 770. The molecule has 0 aliphatic heterocycles. The zero-order chi connectivity index (χ0) is 17.6. The molecule has 0 atom stereocenters. The van der Waals surface area contributed by atoms with E-state index in [0.717, 1.165) is 30.2 Å². The molecule has 2 N–H and O–H groups in total. The SMILES string of the molecule is O=C(Nc1ccccc1C(=O)NC1CCCCC1)c1cccc(Br)c1. The van der Waals surface area contributed by atoms with Crippen LogP contribution in [0.25, 0.3) is 0 Å². The number of carbonyl (C=O) groups is 2. The third kappa shape index (κ3) is 4.69. The number of hydrogen-bond acceptors (Lipinski definition) is 2. The summed E-state index contributed by atoms with van der Waals surface area (Å²) in [7, 11) is 0. The number of halogens is 1. The first-order valence-electron chi connectivity index (χ1n) is 8.60. The fourth-order valence-electron chi connectivity index (χ4n) is 3.12. The highest BCUT2D eigenvalue weighted by Crippen LogP contribution is 2.21. The van der Waals surface area contributed by atoms with Gasteiger partial charge in [0.1, 0.15) is 0 Å². The average Bonchev–Trinajstić information content (AvgIpc) is 2.63. The van der Waals surface area contributed by atoms with E-state index in [9.17, 15) is 9.59 Å². The van der Waals surface area contributed by atoms with E-state index < -0.39 is 0 Å². The summed E-state index contributed by atoms with van der Waals surface area (Å²) >= 11 is 3.36. The summed E-state index contributed by atoms with van der Waals surface area (Å²) in [5.41, 5.74) is 1.56. The van der Waals surface area contributed by atoms with Crippen LogP contribution in [0.4, 0.5) is 5.69 Å². The van der Waals surface area contributed by atoms with Crippen molar-refractivity contribution in [2.75, 3.05) is 5.32 Å². The molecule has 5 heteroatoms. The van der Waals surface area contributed by atoms with E-state index in [1.54, 1.807) is 30.3 Å². The highest BCUT2D eigenvalue weighted by molar-refractivity contribution is 9.10. The van der Waals surface area contributed by atoms with E-state index >= 15 is 0 Å². The van der Waals surface area contributed by atoms with Gasteiger partial charge in [0.15, 0.2) is 0 Å². The topological polar surface area (TPSA) is 58.2 Å². The van der Waals surface area contributed by atoms with E-state index in [2.05, 4.69) is 26.6 Å². The fraction of sp³-hybridized carbons (Fsp3) is 0.300. The first kappa shape index (κ1) is 17.7. The van der Waals surface area contributed by atoms with Gasteiger partial charge in [0.05, 0.1) is 11.3 Å². The van der Waals surface area contributed by atoms with Crippen LogP contribution < -0.4 is 10.6 Å².